The largest absolute Gasteiger partial charge is 0.484 e. The number of ether oxygens (including phenoxy) is 2. The van der Waals surface area contributed by atoms with Crippen LogP contribution >= 0.6 is 0 Å². The maximum atomic E-state index is 14.0. The molecule has 1 atom stereocenters. The first kappa shape index (κ1) is 23.0. The van der Waals surface area contributed by atoms with E-state index < -0.39 is 6.04 Å². The second-order valence-corrected chi connectivity index (χ2v) is 8.60. The summed E-state index contributed by atoms with van der Waals surface area (Å²) in [6, 6.07) is 11.6. The molecule has 0 radical (unpaired) electrons. The molecule has 3 heterocycles. The van der Waals surface area contributed by atoms with Crippen LogP contribution in [-0.4, -0.2) is 59.4 Å². The second-order valence-electron chi connectivity index (χ2n) is 8.60. The Morgan fingerprint density at radius 1 is 1.14 bits per heavy atom. The van der Waals surface area contributed by atoms with Crippen LogP contribution in [0.3, 0.4) is 0 Å². The summed E-state index contributed by atoms with van der Waals surface area (Å²) in [4.78, 5) is 32.7. The van der Waals surface area contributed by atoms with Crippen molar-refractivity contribution in [2.75, 3.05) is 32.8 Å². The fraction of sp³-hybridized carbons (Fsp3) is 0.346. The molecule has 2 aliphatic rings. The van der Waals surface area contributed by atoms with Crippen LogP contribution in [0.15, 0.2) is 53.1 Å². The SMILES string of the molecule is CC(=O)N1CCc2ccc(OCc3nc(C(=O)N4CCOCC4)co3)cc2C1c1cccc(F)c1. The van der Waals surface area contributed by atoms with E-state index in [0.717, 1.165) is 11.1 Å². The lowest BCUT2D eigenvalue weighted by atomic mass is 9.88. The van der Waals surface area contributed by atoms with Crippen LogP contribution in [0.25, 0.3) is 0 Å². The third kappa shape index (κ3) is 4.90. The van der Waals surface area contributed by atoms with E-state index in [9.17, 15) is 14.0 Å². The van der Waals surface area contributed by atoms with Gasteiger partial charge in [-0.25, -0.2) is 9.37 Å². The van der Waals surface area contributed by atoms with Crippen LogP contribution in [0.5, 0.6) is 5.75 Å². The fourth-order valence-corrected chi connectivity index (χ4v) is 4.61. The zero-order valence-electron chi connectivity index (χ0n) is 19.4. The van der Waals surface area contributed by atoms with Gasteiger partial charge in [-0.15, -0.1) is 0 Å². The summed E-state index contributed by atoms with van der Waals surface area (Å²) < 4.78 is 30.7. The Labute approximate surface area is 202 Å². The Morgan fingerprint density at radius 2 is 1.97 bits per heavy atom. The first-order valence-electron chi connectivity index (χ1n) is 11.6. The van der Waals surface area contributed by atoms with E-state index in [1.807, 2.05) is 24.3 Å². The average molecular weight is 480 g/mol. The number of benzene rings is 2. The number of halogens is 1. The van der Waals surface area contributed by atoms with Gasteiger partial charge in [-0.3, -0.25) is 9.59 Å². The van der Waals surface area contributed by atoms with Crippen molar-refractivity contribution in [2.45, 2.75) is 26.0 Å². The summed E-state index contributed by atoms with van der Waals surface area (Å²) >= 11 is 0. The Bertz CT molecular complexity index is 1240. The monoisotopic (exact) mass is 479 g/mol. The van der Waals surface area contributed by atoms with Crippen LogP contribution in [-0.2, 0) is 22.6 Å². The molecule has 2 aromatic carbocycles. The molecule has 0 bridgehead atoms. The van der Waals surface area contributed by atoms with E-state index in [2.05, 4.69) is 4.98 Å². The highest BCUT2D eigenvalue weighted by Gasteiger charge is 2.31. The molecule has 0 saturated carbocycles. The predicted molar refractivity (Wildman–Crippen MR) is 123 cm³/mol. The maximum absolute atomic E-state index is 14.0. The van der Waals surface area contributed by atoms with E-state index >= 15 is 0 Å². The minimum absolute atomic E-state index is 0.0379. The maximum Gasteiger partial charge on any atom is 0.275 e. The first-order valence-corrected chi connectivity index (χ1v) is 11.6. The molecule has 0 aliphatic carbocycles. The van der Waals surface area contributed by atoms with Crippen molar-refractivity contribution in [2.24, 2.45) is 0 Å². The van der Waals surface area contributed by atoms with Crippen LogP contribution in [0, 0.1) is 5.82 Å². The van der Waals surface area contributed by atoms with Crippen LogP contribution in [0.4, 0.5) is 4.39 Å². The van der Waals surface area contributed by atoms with Gasteiger partial charge < -0.3 is 23.7 Å². The molecule has 1 aromatic heterocycles. The smallest absolute Gasteiger partial charge is 0.275 e. The molecule has 1 unspecified atom stereocenters. The van der Waals surface area contributed by atoms with Gasteiger partial charge in [-0.1, -0.05) is 18.2 Å². The van der Waals surface area contributed by atoms with Gasteiger partial charge in [0.2, 0.25) is 11.8 Å². The number of oxazole rings is 1. The molecule has 35 heavy (non-hydrogen) atoms. The predicted octanol–water partition coefficient (Wildman–Crippen LogP) is 3.36. The third-order valence-corrected chi connectivity index (χ3v) is 6.35. The summed E-state index contributed by atoms with van der Waals surface area (Å²) in [5, 5.41) is 0. The lowest BCUT2D eigenvalue weighted by Gasteiger charge is -2.37. The van der Waals surface area contributed by atoms with E-state index in [4.69, 9.17) is 13.9 Å². The molecule has 1 fully saturated rings. The molecule has 1 saturated heterocycles. The number of hydrogen-bond donors (Lipinski definition) is 0. The zero-order chi connectivity index (χ0) is 24.4. The normalized spacial score (nSPS) is 17.7. The van der Waals surface area contributed by atoms with Crippen molar-refractivity contribution in [3.8, 4) is 5.75 Å². The minimum Gasteiger partial charge on any atom is -0.484 e. The topological polar surface area (TPSA) is 85.1 Å². The number of carbonyl (C=O) groups excluding carboxylic acids is 2. The number of nitrogens with zero attached hydrogens (tertiary/aromatic N) is 3. The van der Waals surface area contributed by atoms with Gasteiger partial charge in [-0.05, 0) is 47.4 Å². The molecular formula is C26H26FN3O5. The Balaban J connectivity index is 1.34. The van der Waals surface area contributed by atoms with Gasteiger partial charge in [0.05, 0.1) is 19.3 Å². The lowest BCUT2D eigenvalue weighted by Crippen LogP contribution is -2.40. The van der Waals surface area contributed by atoms with Gasteiger partial charge >= 0.3 is 0 Å². The van der Waals surface area contributed by atoms with Crippen LogP contribution in [0.2, 0.25) is 0 Å². The number of fused-ring (bicyclic) bond motifs is 1. The summed E-state index contributed by atoms with van der Waals surface area (Å²) in [6.45, 7) is 4.18. The van der Waals surface area contributed by atoms with Crippen molar-refractivity contribution in [1.82, 2.24) is 14.8 Å². The van der Waals surface area contributed by atoms with Crippen molar-refractivity contribution in [1.29, 1.82) is 0 Å². The Hall–Kier alpha value is -3.72. The van der Waals surface area contributed by atoms with E-state index in [1.54, 1.807) is 15.9 Å². The highest BCUT2D eigenvalue weighted by atomic mass is 19.1. The summed E-state index contributed by atoms with van der Waals surface area (Å²) in [7, 11) is 0. The van der Waals surface area contributed by atoms with Crippen molar-refractivity contribution < 1.29 is 27.9 Å². The van der Waals surface area contributed by atoms with Gasteiger partial charge in [0.25, 0.3) is 5.91 Å². The van der Waals surface area contributed by atoms with Gasteiger partial charge in [0, 0.05) is 26.6 Å². The molecule has 2 aliphatic heterocycles. The molecule has 0 spiro atoms. The fourth-order valence-electron chi connectivity index (χ4n) is 4.61. The molecular weight excluding hydrogens is 453 g/mol. The number of carbonyl (C=O) groups is 2. The number of aromatic nitrogens is 1. The Kier molecular flexibility index (Phi) is 6.50. The highest BCUT2D eigenvalue weighted by Crippen LogP contribution is 2.37. The summed E-state index contributed by atoms with van der Waals surface area (Å²) in [5.41, 5.74) is 2.92. The van der Waals surface area contributed by atoms with Gasteiger partial charge in [0.1, 0.15) is 17.8 Å². The number of morpholine rings is 1. The molecule has 8 nitrogen and oxygen atoms in total. The molecule has 182 valence electrons. The van der Waals surface area contributed by atoms with Gasteiger partial charge in [0.15, 0.2) is 12.3 Å². The first-order chi connectivity index (χ1) is 17.0. The van der Waals surface area contributed by atoms with Crippen molar-refractivity contribution in [3.63, 3.8) is 0 Å². The van der Waals surface area contributed by atoms with Crippen molar-refractivity contribution >= 4 is 11.8 Å². The number of hydrogen-bond acceptors (Lipinski definition) is 6. The van der Waals surface area contributed by atoms with Crippen molar-refractivity contribution in [3.05, 3.63) is 82.8 Å². The second kappa shape index (κ2) is 9.87. The highest BCUT2D eigenvalue weighted by molar-refractivity contribution is 5.92. The van der Waals surface area contributed by atoms with E-state index in [-0.39, 0.29) is 35.8 Å². The molecule has 0 N–H and O–H groups in total. The zero-order valence-corrected chi connectivity index (χ0v) is 19.4. The average Bonchev–Trinajstić information content (AvgIpc) is 3.35. The number of amides is 2. The quantitative estimate of drug-likeness (QED) is 0.558. The van der Waals surface area contributed by atoms with Crippen LogP contribution < -0.4 is 4.74 Å². The third-order valence-electron chi connectivity index (χ3n) is 6.35. The van der Waals surface area contributed by atoms with E-state index in [1.165, 1.54) is 25.3 Å². The minimum atomic E-state index is -0.407. The molecule has 2 amide bonds. The number of rotatable bonds is 5. The Morgan fingerprint density at radius 3 is 2.74 bits per heavy atom. The molecule has 9 heteroatoms. The standard InChI is InChI=1S/C26H26FN3O5/c1-17(31)30-8-7-18-5-6-21(14-22(18)25(30)19-3-2-4-20(27)13-19)34-16-24-28-23(15-35-24)26(32)29-9-11-33-12-10-29/h2-6,13-15,25H,7-12,16H2,1H3. The molecule has 3 aromatic rings. The molecule has 5 rings (SSSR count). The lowest BCUT2D eigenvalue weighted by molar-refractivity contribution is -0.130. The van der Waals surface area contributed by atoms with E-state index in [0.29, 0.717) is 50.6 Å². The van der Waals surface area contributed by atoms with Gasteiger partial charge in [-0.2, -0.15) is 0 Å². The summed E-state index contributed by atoms with van der Waals surface area (Å²) in [6.07, 6.45) is 2.04. The summed E-state index contributed by atoms with van der Waals surface area (Å²) in [5.74, 6) is 0.228. The van der Waals surface area contributed by atoms with Crippen LogP contribution in [0.1, 0.15) is 46.0 Å².